The SMILES string of the molecule is COc1ccc(/C=N/NC(=O)CNC(=O)COc2ccccc2Cl)c2ccccc12. The minimum Gasteiger partial charge on any atom is -0.496 e. The van der Waals surface area contributed by atoms with Crippen molar-refractivity contribution in [2.75, 3.05) is 20.3 Å². The largest absolute Gasteiger partial charge is 0.496 e. The lowest BCUT2D eigenvalue weighted by molar-refractivity contribution is -0.127. The van der Waals surface area contributed by atoms with Crippen LogP contribution in [0.3, 0.4) is 0 Å². The highest BCUT2D eigenvalue weighted by atomic mass is 35.5. The number of carbonyl (C=O) groups excluding carboxylic acids is 2. The van der Waals surface area contributed by atoms with E-state index in [0.717, 1.165) is 22.1 Å². The Kier molecular flexibility index (Phi) is 7.24. The van der Waals surface area contributed by atoms with E-state index in [0.29, 0.717) is 10.8 Å². The summed E-state index contributed by atoms with van der Waals surface area (Å²) in [5, 5.41) is 8.72. The van der Waals surface area contributed by atoms with Gasteiger partial charge in [0.15, 0.2) is 6.61 Å². The molecule has 0 aliphatic heterocycles. The van der Waals surface area contributed by atoms with Crippen LogP contribution in [-0.4, -0.2) is 38.3 Å². The summed E-state index contributed by atoms with van der Waals surface area (Å²) in [5.74, 6) is 0.244. The summed E-state index contributed by atoms with van der Waals surface area (Å²) in [6.07, 6.45) is 1.54. The van der Waals surface area contributed by atoms with Gasteiger partial charge in [-0.1, -0.05) is 48.0 Å². The van der Waals surface area contributed by atoms with E-state index in [2.05, 4.69) is 15.8 Å². The minimum absolute atomic E-state index is 0.231. The topological polar surface area (TPSA) is 89.0 Å². The number of halogens is 1. The zero-order valence-corrected chi connectivity index (χ0v) is 17.0. The van der Waals surface area contributed by atoms with Crippen molar-refractivity contribution >= 4 is 40.4 Å². The second-order valence-electron chi connectivity index (χ2n) is 6.19. The molecule has 0 saturated carbocycles. The average Bonchev–Trinajstić information content (AvgIpc) is 2.77. The molecule has 0 unspecified atom stereocenters. The normalized spacial score (nSPS) is 10.7. The van der Waals surface area contributed by atoms with Gasteiger partial charge in [-0.2, -0.15) is 5.10 Å². The van der Waals surface area contributed by atoms with Gasteiger partial charge in [0.25, 0.3) is 11.8 Å². The maximum absolute atomic E-state index is 11.9. The monoisotopic (exact) mass is 425 g/mol. The molecular formula is C22H20ClN3O4. The van der Waals surface area contributed by atoms with Crippen molar-refractivity contribution in [1.29, 1.82) is 0 Å². The van der Waals surface area contributed by atoms with Crippen molar-refractivity contribution in [3.05, 3.63) is 71.2 Å². The maximum atomic E-state index is 11.9. The van der Waals surface area contributed by atoms with Crippen LogP contribution in [0.1, 0.15) is 5.56 Å². The molecule has 0 bridgehead atoms. The van der Waals surface area contributed by atoms with Crippen LogP contribution in [0.25, 0.3) is 10.8 Å². The number of hydrogen-bond donors (Lipinski definition) is 2. The summed E-state index contributed by atoms with van der Waals surface area (Å²) in [5.41, 5.74) is 3.21. The number of nitrogens with one attached hydrogen (secondary N) is 2. The van der Waals surface area contributed by atoms with Gasteiger partial charge in [-0.25, -0.2) is 5.43 Å². The molecule has 0 spiro atoms. The Bertz CT molecular complexity index is 1080. The molecule has 2 amide bonds. The third kappa shape index (κ3) is 5.48. The van der Waals surface area contributed by atoms with Gasteiger partial charge < -0.3 is 14.8 Å². The Morgan fingerprint density at radius 2 is 1.70 bits per heavy atom. The van der Waals surface area contributed by atoms with Crippen LogP contribution in [0.4, 0.5) is 0 Å². The Hall–Kier alpha value is -3.58. The van der Waals surface area contributed by atoms with E-state index in [9.17, 15) is 9.59 Å². The molecule has 2 N–H and O–H groups in total. The van der Waals surface area contributed by atoms with Crippen LogP contribution in [0.5, 0.6) is 11.5 Å². The number of amides is 2. The smallest absolute Gasteiger partial charge is 0.259 e. The first-order valence-electron chi connectivity index (χ1n) is 9.10. The van der Waals surface area contributed by atoms with Gasteiger partial charge in [-0.3, -0.25) is 9.59 Å². The van der Waals surface area contributed by atoms with Crippen LogP contribution in [0.2, 0.25) is 5.02 Å². The van der Waals surface area contributed by atoms with Gasteiger partial charge in [0.1, 0.15) is 11.5 Å². The van der Waals surface area contributed by atoms with Gasteiger partial charge in [0.05, 0.1) is 24.9 Å². The van der Waals surface area contributed by atoms with E-state index in [-0.39, 0.29) is 13.2 Å². The maximum Gasteiger partial charge on any atom is 0.259 e. The molecule has 8 heteroatoms. The number of fused-ring (bicyclic) bond motifs is 1. The number of benzene rings is 3. The van der Waals surface area contributed by atoms with Crippen molar-refractivity contribution in [2.45, 2.75) is 0 Å². The molecule has 0 heterocycles. The minimum atomic E-state index is -0.463. The zero-order valence-electron chi connectivity index (χ0n) is 16.2. The first-order chi connectivity index (χ1) is 14.6. The summed E-state index contributed by atoms with van der Waals surface area (Å²) in [6.45, 7) is -0.483. The molecule has 0 radical (unpaired) electrons. The Morgan fingerprint density at radius 3 is 2.47 bits per heavy atom. The Morgan fingerprint density at radius 1 is 0.967 bits per heavy atom. The standard InChI is InChI=1S/C22H20ClN3O4/c1-29-19-11-10-15(16-6-2-3-7-17(16)19)12-25-26-21(27)13-24-22(28)14-30-20-9-5-4-8-18(20)23/h2-12H,13-14H2,1H3,(H,24,28)(H,26,27)/b25-12+. The highest BCUT2D eigenvalue weighted by Gasteiger charge is 2.08. The molecule has 7 nitrogen and oxygen atoms in total. The van der Waals surface area contributed by atoms with Crippen molar-refractivity contribution in [3.63, 3.8) is 0 Å². The summed E-state index contributed by atoms with van der Waals surface area (Å²) >= 11 is 5.95. The first kappa shape index (κ1) is 21.1. The molecule has 0 fully saturated rings. The molecular weight excluding hydrogens is 406 g/mol. The summed E-state index contributed by atoms with van der Waals surface area (Å²) in [6, 6.07) is 18.2. The van der Waals surface area contributed by atoms with Crippen LogP contribution >= 0.6 is 11.6 Å². The molecule has 30 heavy (non-hydrogen) atoms. The number of hydrazone groups is 1. The lowest BCUT2D eigenvalue weighted by atomic mass is 10.0. The highest BCUT2D eigenvalue weighted by molar-refractivity contribution is 6.32. The van der Waals surface area contributed by atoms with Gasteiger partial charge in [-0.05, 0) is 29.7 Å². The number of ether oxygens (including phenoxy) is 2. The predicted molar refractivity (Wildman–Crippen MR) is 116 cm³/mol. The van der Waals surface area contributed by atoms with Crippen molar-refractivity contribution < 1.29 is 19.1 Å². The zero-order chi connectivity index (χ0) is 21.3. The van der Waals surface area contributed by atoms with Gasteiger partial charge in [-0.15, -0.1) is 0 Å². The lowest BCUT2D eigenvalue weighted by Crippen LogP contribution is -2.37. The molecule has 3 aromatic rings. The van der Waals surface area contributed by atoms with E-state index in [1.807, 2.05) is 36.4 Å². The van der Waals surface area contributed by atoms with Crippen LogP contribution < -0.4 is 20.2 Å². The van der Waals surface area contributed by atoms with Crippen LogP contribution in [0.15, 0.2) is 65.8 Å². The van der Waals surface area contributed by atoms with E-state index >= 15 is 0 Å². The molecule has 0 aromatic heterocycles. The number of methoxy groups -OCH3 is 1. The summed E-state index contributed by atoms with van der Waals surface area (Å²) in [4.78, 5) is 23.7. The molecule has 0 aliphatic rings. The number of nitrogens with zero attached hydrogens (tertiary/aromatic N) is 1. The van der Waals surface area contributed by atoms with Crippen LogP contribution in [0, 0.1) is 0 Å². The van der Waals surface area contributed by atoms with Crippen LogP contribution in [-0.2, 0) is 9.59 Å². The lowest BCUT2D eigenvalue weighted by Gasteiger charge is -2.08. The Labute approximate surface area is 178 Å². The number of rotatable bonds is 8. The molecule has 3 aromatic carbocycles. The quantitative estimate of drug-likeness (QED) is 0.428. The van der Waals surface area contributed by atoms with Crippen molar-refractivity contribution in [2.24, 2.45) is 5.10 Å². The third-order valence-corrected chi connectivity index (χ3v) is 4.48. The molecule has 0 saturated heterocycles. The molecule has 0 aliphatic carbocycles. The van der Waals surface area contributed by atoms with Gasteiger partial charge in [0.2, 0.25) is 0 Å². The second kappa shape index (κ2) is 10.3. The third-order valence-electron chi connectivity index (χ3n) is 4.17. The predicted octanol–water partition coefficient (Wildman–Crippen LogP) is 3.15. The molecule has 154 valence electrons. The van der Waals surface area contributed by atoms with E-state index < -0.39 is 11.8 Å². The van der Waals surface area contributed by atoms with Gasteiger partial charge in [0, 0.05) is 10.9 Å². The van der Waals surface area contributed by atoms with E-state index in [4.69, 9.17) is 21.1 Å². The Balaban J connectivity index is 1.49. The van der Waals surface area contributed by atoms with Crippen molar-refractivity contribution in [3.8, 4) is 11.5 Å². The first-order valence-corrected chi connectivity index (χ1v) is 9.48. The summed E-state index contributed by atoms with van der Waals surface area (Å²) in [7, 11) is 1.61. The summed E-state index contributed by atoms with van der Waals surface area (Å²) < 4.78 is 10.7. The fourth-order valence-corrected chi connectivity index (χ4v) is 2.92. The molecule has 3 rings (SSSR count). The number of hydrogen-bond acceptors (Lipinski definition) is 5. The van der Waals surface area contributed by atoms with E-state index in [1.165, 1.54) is 0 Å². The number of para-hydroxylation sites is 1. The highest BCUT2D eigenvalue weighted by Crippen LogP contribution is 2.27. The molecule has 0 atom stereocenters. The fourth-order valence-electron chi connectivity index (χ4n) is 2.73. The van der Waals surface area contributed by atoms with Crippen molar-refractivity contribution in [1.82, 2.24) is 10.7 Å². The van der Waals surface area contributed by atoms with Gasteiger partial charge >= 0.3 is 0 Å². The number of carbonyl (C=O) groups is 2. The average molecular weight is 426 g/mol. The fraction of sp³-hybridized carbons (Fsp3) is 0.136. The van der Waals surface area contributed by atoms with E-state index in [1.54, 1.807) is 37.6 Å². The second-order valence-corrected chi connectivity index (χ2v) is 6.60.